The van der Waals surface area contributed by atoms with Crippen LogP contribution in [0, 0.1) is 5.82 Å². The first-order valence-corrected chi connectivity index (χ1v) is 5.80. The maximum Gasteiger partial charge on any atom is 0.255 e. The minimum atomic E-state index is -2.22. The van der Waals surface area contributed by atoms with Gasteiger partial charge in [-0.2, -0.15) is 0 Å². The van der Waals surface area contributed by atoms with Crippen molar-refractivity contribution in [3.63, 3.8) is 0 Å². The van der Waals surface area contributed by atoms with Crippen molar-refractivity contribution in [3.05, 3.63) is 35.1 Å². The quantitative estimate of drug-likeness (QED) is 0.755. The second-order valence-electron chi connectivity index (χ2n) is 4.44. The standard InChI is InChI=1S/C13H11FN2O3/c14-8-2-1-7-6-16(13(19)9(7)5-8)10-3-4-11(17)15-12(10)18/h1-2,5,10H,3-4,6H2,(H,15,17,18)/i6D2. The number of carbonyl (C=O) groups excluding carboxylic acids is 3. The zero-order valence-corrected chi connectivity index (χ0v) is 9.77. The predicted octanol–water partition coefficient (Wildman–Crippen LogP) is 0.587. The Morgan fingerprint density at radius 3 is 2.89 bits per heavy atom. The second-order valence-corrected chi connectivity index (χ2v) is 4.44. The van der Waals surface area contributed by atoms with E-state index in [2.05, 4.69) is 5.32 Å². The Morgan fingerprint density at radius 1 is 1.37 bits per heavy atom. The van der Waals surface area contributed by atoms with E-state index in [4.69, 9.17) is 2.74 Å². The lowest BCUT2D eigenvalue weighted by Gasteiger charge is -2.29. The lowest BCUT2D eigenvalue weighted by molar-refractivity contribution is -0.136. The molecule has 1 atom stereocenters. The van der Waals surface area contributed by atoms with Crippen LogP contribution in [0.3, 0.4) is 0 Å². The molecule has 0 aromatic heterocycles. The van der Waals surface area contributed by atoms with Crippen LogP contribution in [0.1, 0.15) is 31.5 Å². The van der Waals surface area contributed by atoms with Crippen molar-refractivity contribution in [3.8, 4) is 0 Å². The van der Waals surface area contributed by atoms with Crippen molar-refractivity contribution in [2.45, 2.75) is 25.4 Å². The lowest BCUT2D eigenvalue weighted by atomic mass is 10.0. The van der Waals surface area contributed by atoms with Crippen LogP contribution in [0.15, 0.2) is 18.2 Å². The summed E-state index contributed by atoms with van der Waals surface area (Å²) in [6.07, 6.45) is 0.0767. The van der Waals surface area contributed by atoms with Gasteiger partial charge in [0.05, 0.1) is 2.74 Å². The fraction of sp³-hybridized carbons (Fsp3) is 0.308. The Balaban J connectivity index is 2.03. The molecule has 3 rings (SSSR count). The molecule has 19 heavy (non-hydrogen) atoms. The van der Waals surface area contributed by atoms with Gasteiger partial charge in [-0.3, -0.25) is 19.7 Å². The molecule has 1 N–H and O–H groups in total. The number of hydrogen-bond donors (Lipinski definition) is 1. The average Bonchev–Trinajstić information content (AvgIpc) is 2.58. The molecule has 2 heterocycles. The summed E-state index contributed by atoms with van der Waals surface area (Å²) in [5.74, 6) is -2.56. The molecule has 0 radical (unpaired) electrons. The molecule has 2 aliphatic rings. The molecule has 0 bridgehead atoms. The summed E-state index contributed by atoms with van der Waals surface area (Å²) in [5, 5.41) is 2.09. The Hall–Kier alpha value is -2.24. The van der Waals surface area contributed by atoms with Crippen molar-refractivity contribution in [2.24, 2.45) is 0 Å². The zero-order valence-electron chi connectivity index (χ0n) is 11.8. The van der Waals surface area contributed by atoms with Gasteiger partial charge in [0.25, 0.3) is 5.91 Å². The van der Waals surface area contributed by atoms with Crippen LogP contribution in [0.2, 0.25) is 0 Å². The Morgan fingerprint density at radius 2 is 2.16 bits per heavy atom. The Labute approximate surface area is 111 Å². The van der Waals surface area contributed by atoms with Gasteiger partial charge in [0.15, 0.2) is 0 Å². The summed E-state index contributed by atoms with van der Waals surface area (Å²) < 4.78 is 29.4. The van der Waals surface area contributed by atoms with Crippen molar-refractivity contribution >= 4 is 17.7 Å². The fourth-order valence-electron chi connectivity index (χ4n) is 2.25. The summed E-state index contributed by atoms with van der Waals surface area (Å²) in [5.41, 5.74) is -0.0664. The van der Waals surface area contributed by atoms with Crippen molar-refractivity contribution < 1.29 is 21.5 Å². The number of imide groups is 1. The molecule has 0 aliphatic carbocycles. The number of fused-ring (bicyclic) bond motifs is 1. The molecule has 1 aromatic rings. The maximum atomic E-state index is 13.3. The highest BCUT2D eigenvalue weighted by Gasteiger charge is 2.39. The molecule has 1 fully saturated rings. The van der Waals surface area contributed by atoms with Gasteiger partial charge in [-0.25, -0.2) is 4.39 Å². The third kappa shape index (κ3) is 1.89. The van der Waals surface area contributed by atoms with Crippen LogP contribution in [0.4, 0.5) is 4.39 Å². The van der Waals surface area contributed by atoms with E-state index in [1.807, 2.05) is 0 Å². The molecular formula is C13H11FN2O3. The lowest BCUT2D eigenvalue weighted by Crippen LogP contribution is -2.52. The molecular weight excluding hydrogens is 251 g/mol. The van der Waals surface area contributed by atoms with Crippen LogP contribution >= 0.6 is 0 Å². The highest BCUT2D eigenvalue weighted by atomic mass is 19.1. The van der Waals surface area contributed by atoms with Gasteiger partial charge in [0, 0.05) is 18.5 Å². The molecule has 0 spiro atoms. The van der Waals surface area contributed by atoms with Crippen LogP contribution in [0.25, 0.3) is 0 Å². The van der Waals surface area contributed by atoms with Crippen LogP contribution < -0.4 is 5.32 Å². The number of benzene rings is 1. The minimum Gasteiger partial charge on any atom is -0.322 e. The Kier molecular flexibility index (Phi) is 2.11. The molecule has 5 nitrogen and oxygen atoms in total. The molecule has 0 saturated carbocycles. The summed E-state index contributed by atoms with van der Waals surface area (Å²) in [6, 6.07) is 2.15. The normalized spacial score (nSPS) is 26.7. The number of piperidine rings is 1. The fourth-order valence-corrected chi connectivity index (χ4v) is 2.25. The summed E-state index contributed by atoms with van der Waals surface area (Å²) in [4.78, 5) is 36.2. The monoisotopic (exact) mass is 264 g/mol. The molecule has 6 heteroatoms. The van der Waals surface area contributed by atoms with E-state index in [0.29, 0.717) is 0 Å². The van der Waals surface area contributed by atoms with Gasteiger partial charge in [0.1, 0.15) is 11.9 Å². The molecule has 2 aliphatic heterocycles. The van der Waals surface area contributed by atoms with Crippen LogP contribution in [-0.4, -0.2) is 28.7 Å². The first kappa shape index (κ1) is 9.66. The first-order chi connectivity index (χ1) is 9.82. The van der Waals surface area contributed by atoms with Gasteiger partial charge >= 0.3 is 0 Å². The maximum absolute atomic E-state index is 13.3. The number of nitrogens with zero attached hydrogens (tertiary/aromatic N) is 1. The number of carbonyl (C=O) groups is 3. The summed E-state index contributed by atoms with van der Waals surface area (Å²) in [6.45, 7) is -2.22. The van der Waals surface area contributed by atoms with E-state index >= 15 is 0 Å². The van der Waals surface area contributed by atoms with Gasteiger partial charge in [-0.1, -0.05) is 6.07 Å². The number of rotatable bonds is 1. The van der Waals surface area contributed by atoms with Crippen LogP contribution in [-0.2, 0) is 16.1 Å². The number of halogens is 1. The number of hydrogen-bond acceptors (Lipinski definition) is 3. The number of amides is 3. The van der Waals surface area contributed by atoms with Gasteiger partial charge in [-0.15, -0.1) is 0 Å². The minimum absolute atomic E-state index is 0.0265. The average molecular weight is 264 g/mol. The highest BCUT2D eigenvalue weighted by molar-refractivity contribution is 6.05. The molecule has 1 saturated heterocycles. The number of nitrogens with one attached hydrogen (secondary N) is 1. The third-order valence-corrected chi connectivity index (χ3v) is 3.19. The molecule has 1 unspecified atom stereocenters. The van der Waals surface area contributed by atoms with E-state index in [0.717, 1.165) is 17.0 Å². The second kappa shape index (κ2) is 4.15. The van der Waals surface area contributed by atoms with E-state index in [1.54, 1.807) is 0 Å². The topological polar surface area (TPSA) is 66.5 Å². The largest absolute Gasteiger partial charge is 0.322 e. The Bertz CT molecular complexity index is 677. The summed E-state index contributed by atoms with van der Waals surface area (Å²) in [7, 11) is 0. The van der Waals surface area contributed by atoms with Gasteiger partial charge in [0.2, 0.25) is 11.8 Å². The van der Waals surface area contributed by atoms with Crippen molar-refractivity contribution in [1.29, 1.82) is 0 Å². The first-order valence-electron chi connectivity index (χ1n) is 6.80. The van der Waals surface area contributed by atoms with E-state index in [9.17, 15) is 18.8 Å². The van der Waals surface area contributed by atoms with Gasteiger partial charge in [-0.05, 0) is 24.1 Å². The molecule has 1 aromatic carbocycles. The summed E-state index contributed by atoms with van der Waals surface area (Å²) >= 11 is 0. The van der Waals surface area contributed by atoms with E-state index < -0.39 is 36.1 Å². The van der Waals surface area contributed by atoms with E-state index in [-0.39, 0.29) is 24.0 Å². The van der Waals surface area contributed by atoms with Crippen molar-refractivity contribution in [2.75, 3.05) is 0 Å². The van der Waals surface area contributed by atoms with E-state index in [1.165, 1.54) is 6.07 Å². The zero-order chi connectivity index (χ0) is 15.4. The highest BCUT2D eigenvalue weighted by Crippen LogP contribution is 2.27. The molecule has 98 valence electrons. The van der Waals surface area contributed by atoms with Crippen LogP contribution in [0.5, 0.6) is 0 Å². The predicted molar refractivity (Wildman–Crippen MR) is 62.4 cm³/mol. The third-order valence-electron chi connectivity index (χ3n) is 3.19. The van der Waals surface area contributed by atoms with Crippen molar-refractivity contribution in [1.82, 2.24) is 10.2 Å². The smallest absolute Gasteiger partial charge is 0.255 e. The SMILES string of the molecule is [2H]C1([2H])c2ccc(F)cc2C(=O)N1C1CCC(=O)NC1=O. The van der Waals surface area contributed by atoms with Gasteiger partial charge < -0.3 is 4.90 Å². The molecule has 3 amide bonds.